The second-order valence-electron chi connectivity index (χ2n) is 8.26. The molecule has 0 atom stereocenters. The molecule has 0 saturated heterocycles. The van der Waals surface area contributed by atoms with E-state index in [1.165, 1.54) is 0 Å². The molecule has 1 aromatic heterocycles. The summed E-state index contributed by atoms with van der Waals surface area (Å²) in [5.74, 6) is 0.411. The highest BCUT2D eigenvalue weighted by molar-refractivity contribution is 14.0. The summed E-state index contributed by atoms with van der Waals surface area (Å²) < 4.78 is 5.51. The van der Waals surface area contributed by atoms with E-state index in [0.717, 1.165) is 5.56 Å². The number of hydrogen-bond donors (Lipinski definition) is 2. The summed E-state index contributed by atoms with van der Waals surface area (Å²) in [5, 5.41) is 3.12. The molecule has 1 aromatic rings. The summed E-state index contributed by atoms with van der Waals surface area (Å²) in [6.07, 6.45) is 3.81. The van der Waals surface area contributed by atoms with Crippen LogP contribution in [0.1, 0.15) is 53.5 Å². The van der Waals surface area contributed by atoms with Gasteiger partial charge in [-0.2, -0.15) is 0 Å². The third-order valence-corrected chi connectivity index (χ3v) is 3.12. The monoisotopic (exact) mass is 491 g/mol. The number of carbonyl (C=O) groups is 1. The van der Waals surface area contributed by atoms with Gasteiger partial charge in [-0.25, -0.2) is 4.79 Å². The smallest absolute Gasteiger partial charge is 0.410 e. The molecule has 27 heavy (non-hydrogen) atoms. The molecule has 0 aliphatic rings. The molecule has 0 radical (unpaired) electrons. The lowest BCUT2D eigenvalue weighted by atomic mass is 10.1. The Hall–Kier alpha value is -1.58. The Kier molecular flexibility index (Phi) is 10.6. The zero-order valence-corrected chi connectivity index (χ0v) is 19.6. The number of aromatic nitrogens is 1. The molecule has 0 spiro atoms. The zero-order valence-electron chi connectivity index (χ0n) is 17.3. The lowest BCUT2D eigenvalue weighted by Crippen LogP contribution is -2.45. The molecule has 1 rings (SSSR count). The van der Waals surface area contributed by atoms with Crippen molar-refractivity contribution in [2.24, 2.45) is 10.7 Å². The van der Waals surface area contributed by atoms with Gasteiger partial charge in [-0.15, -0.1) is 24.0 Å². The van der Waals surface area contributed by atoms with Crippen molar-refractivity contribution in [1.82, 2.24) is 15.2 Å². The van der Waals surface area contributed by atoms with E-state index < -0.39 is 5.60 Å². The fourth-order valence-corrected chi connectivity index (χ4v) is 2.16. The van der Waals surface area contributed by atoms with Crippen molar-refractivity contribution in [3.63, 3.8) is 0 Å². The lowest BCUT2D eigenvalue weighted by Gasteiger charge is -2.27. The Labute approximate surface area is 180 Å². The molecule has 7 nitrogen and oxygen atoms in total. The summed E-state index contributed by atoms with van der Waals surface area (Å²) in [5.41, 5.74) is 6.16. The molecule has 8 heteroatoms. The number of ether oxygens (including phenoxy) is 1. The Balaban J connectivity index is 0.00000676. The van der Waals surface area contributed by atoms with Gasteiger partial charge in [-0.3, -0.25) is 9.98 Å². The number of hydrogen-bond acceptors (Lipinski definition) is 4. The van der Waals surface area contributed by atoms with Crippen molar-refractivity contribution in [2.75, 3.05) is 13.1 Å². The first-order valence-electron chi connectivity index (χ1n) is 8.91. The minimum Gasteiger partial charge on any atom is -0.444 e. The third-order valence-electron chi connectivity index (χ3n) is 3.12. The van der Waals surface area contributed by atoms with Gasteiger partial charge < -0.3 is 20.7 Å². The molecule has 0 aromatic carbocycles. The van der Waals surface area contributed by atoms with Crippen molar-refractivity contribution in [3.05, 3.63) is 30.1 Å². The van der Waals surface area contributed by atoms with Gasteiger partial charge in [-0.05, 0) is 59.6 Å². The van der Waals surface area contributed by atoms with Crippen LogP contribution in [0, 0.1) is 0 Å². The summed E-state index contributed by atoms with van der Waals surface area (Å²) >= 11 is 0. The normalized spacial score (nSPS) is 12.1. The highest BCUT2D eigenvalue weighted by Gasteiger charge is 2.22. The van der Waals surface area contributed by atoms with Gasteiger partial charge in [0, 0.05) is 31.0 Å². The molecule has 154 valence electrons. The van der Waals surface area contributed by atoms with Crippen LogP contribution in [0.4, 0.5) is 4.79 Å². The first kappa shape index (κ1) is 25.4. The van der Waals surface area contributed by atoms with E-state index in [-0.39, 0.29) is 35.6 Å². The van der Waals surface area contributed by atoms with Crippen LogP contribution in [0.15, 0.2) is 29.5 Å². The second kappa shape index (κ2) is 11.3. The molecular weight excluding hydrogens is 457 g/mol. The molecule has 0 aliphatic carbocycles. The Morgan fingerprint density at radius 2 is 1.96 bits per heavy atom. The SMILES string of the molecule is CC(C)(C)NC(N)=NCCCN(Cc1cccnc1)C(=O)OC(C)(C)C.I. The molecular formula is C19H34IN5O2. The van der Waals surface area contributed by atoms with Crippen molar-refractivity contribution in [3.8, 4) is 0 Å². The van der Waals surface area contributed by atoms with Crippen molar-refractivity contribution in [2.45, 2.75) is 65.6 Å². The maximum absolute atomic E-state index is 12.5. The van der Waals surface area contributed by atoms with E-state index in [9.17, 15) is 4.79 Å². The van der Waals surface area contributed by atoms with Crippen molar-refractivity contribution in [1.29, 1.82) is 0 Å². The standard InChI is InChI=1S/C19H33N5O2.HI/c1-18(2,3)23-16(20)22-11-8-12-24(17(25)26-19(4,5)6)14-15-9-7-10-21-13-15;/h7,9-10,13H,8,11-12,14H2,1-6H3,(H3,20,22,23);1H. The zero-order chi connectivity index (χ0) is 19.8. The Morgan fingerprint density at radius 3 is 2.48 bits per heavy atom. The van der Waals surface area contributed by atoms with Crippen molar-refractivity contribution >= 4 is 36.0 Å². The van der Waals surface area contributed by atoms with Crippen LogP contribution in [0.3, 0.4) is 0 Å². The van der Waals surface area contributed by atoms with E-state index in [4.69, 9.17) is 10.5 Å². The van der Waals surface area contributed by atoms with Gasteiger partial charge in [0.2, 0.25) is 0 Å². The number of nitrogens with two attached hydrogens (primary N) is 1. The maximum atomic E-state index is 12.5. The highest BCUT2D eigenvalue weighted by atomic mass is 127. The highest BCUT2D eigenvalue weighted by Crippen LogP contribution is 2.13. The fourth-order valence-electron chi connectivity index (χ4n) is 2.16. The first-order chi connectivity index (χ1) is 12.0. The molecule has 0 fully saturated rings. The van der Waals surface area contributed by atoms with Crippen LogP contribution in [0.2, 0.25) is 0 Å². The van der Waals surface area contributed by atoms with Gasteiger partial charge in [0.1, 0.15) is 5.60 Å². The number of halogens is 1. The van der Waals surface area contributed by atoms with Gasteiger partial charge in [-0.1, -0.05) is 6.07 Å². The molecule has 1 amide bonds. The number of guanidine groups is 1. The minimum absolute atomic E-state index is 0. The average molecular weight is 491 g/mol. The third kappa shape index (κ3) is 12.4. The topological polar surface area (TPSA) is 92.8 Å². The van der Waals surface area contributed by atoms with Crippen LogP contribution >= 0.6 is 24.0 Å². The van der Waals surface area contributed by atoms with Crippen LogP contribution in [0.25, 0.3) is 0 Å². The molecule has 0 bridgehead atoms. The number of nitrogens with one attached hydrogen (secondary N) is 1. The lowest BCUT2D eigenvalue weighted by molar-refractivity contribution is 0.0232. The van der Waals surface area contributed by atoms with Crippen LogP contribution in [0.5, 0.6) is 0 Å². The fraction of sp³-hybridized carbons (Fsp3) is 0.632. The van der Waals surface area contributed by atoms with E-state index in [1.54, 1.807) is 17.3 Å². The molecule has 0 saturated carbocycles. The molecule has 0 unspecified atom stereocenters. The number of pyridine rings is 1. The van der Waals surface area contributed by atoms with E-state index in [2.05, 4.69) is 15.3 Å². The number of carbonyl (C=O) groups excluding carboxylic acids is 1. The Bertz CT molecular complexity index is 594. The quantitative estimate of drug-likeness (QED) is 0.275. The van der Waals surface area contributed by atoms with Crippen LogP contribution in [-0.2, 0) is 11.3 Å². The predicted molar refractivity (Wildman–Crippen MR) is 120 cm³/mol. The molecule has 0 aliphatic heterocycles. The summed E-state index contributed by atoms with van der Waals surface area (Å²) in [6.45, 7) is 13.1. The largest absolute Gasteiger partial charge is 0.444 e. The summed E-state index contributed by atoms with van der Waals surface area (Å²) in [6, 6.07) is 3.79. The second-order valence-corrected chi connectivity index (χ2v) is 8.26. The van der Waals surface area contributed by atoms with Gasteiger partial charge >= 0.3 is 6.09 Å². The summed E-state index contributed by atoms with van der Waals surface area (Å²) in [7, 11) is 0. The molecule has 3 N–H and O–H groups in total. The predicted octanol–water partition coefficient (Wildman–Crippen LogP) is 3.53. The number of amides is 1. The van der Waals surface area contributed by atoms with Crippen LogP contribution in [-0.4, -0.2) is 46.2 Å². The Morgan fingerprint density at radius 1 is 1.30 bits per heavy atom. The van der Waals surface area contributed by atoms with Gasteiger partial charge in [0.05, 0.1) is 6.54 Å². The van der Waals surface area contributed by atoms with Crippen molar-refractivity contribution < 1.29 is 9.53 Å². The van der Waals surface area contributed by atoms with E-state index >= 15 is 0 Å². The number of rotatable bonds is 6. The number of nitrogens with zero attached hydrogens (tertiary/aromatic N) is 3. The maximum Gasteiger partial charge on any atom is 0.410 e. The van der Waals surface area contributed by atoms with E-state index in [0.29, 0.717) is 32.0 Å². The van der Waals surface area contributed by atoms with Gasteiger partial charge in [0.15, 0.2) is 5.96 Å². The van der Waals surface area contributed by atoms with Crippen LogP contribution < -0.4 is 11.1 Å². The number of aliphatic imine (C=N–C) groups is 1. The van der Waals surface area contributed by atoms with E-state index in [1.807, 2.05) is 53.7 Å². The first-order valence-corrected chi connectivity index (χ1v) is 8.91. The summed E-state index contributed by atoms with van der Waals surface area (Å²) in [4.78, 5) is 22.6. The minimum atomic E-state index is -0.538. The van der Waals surface area contributed by atoms with Gasteiger partial charge in [0.25, 0.3) is 0 Å². The molecule has 1 heterocycles. The average Bonchev–Trinajstić information content (AvgIpc) is 2.47.